The highest BCUT2D eigenvalue weighted by Crippen LogP contribution is 2.51. The second kappa shape index (κ2) is 8.02. The van der Waals surface area contributed by atoms with E-state index in [0.29, 0.717) is 34.6 Å². The van der Waals surface area contributed by atoms with Crippen molar-refractivity contribution in [2.75, 3.05) is 7.11 Å². The van der Waals surface area contributed by atoms with E-state index in [-0.39, 0.29) is 22.8 Å². The SMILES string of the molecule is COC1C(=O)c2c(O)c3c(c(CC=C(C)C)c2OC1c1ccc(O)cc1)OC(C)(C)C=C3. The smallest absolute Gasteiger partial charge is 0.203 e. The number of Topliss-reactive ketones (excluding diaryl/α,β-unsaturated/α-hetero) is 1. The molecule has 0 fully saturated rings. The van der Waals surface area contributed by atoms with Gasteiger partial charge in [0.15, 0.2) is 12.2 Å². The molecule has 0 aromatic heterocycles. The largest absolute Gasteiger partial charge is 0.508 e. The van der Waals surface area contributed by atoms with Gasteiger partial charge >= 0.3 is 0 Å². The fourth-order valence-electron chi connectivity index (χ4n) is 4.07. The van der Waals surface area contributed by atoms with Crippen molar-refractivity contribution >= 4 is 11.9 Å². The van der Waals surface area contributed by atoms with Gasteiger partial charge in [0.1, 0.15) is 34.2 Å². The topological polar surface area (TPSA) is 85.2 Å². The number of carbonyl (C=O) groups is 1. The lowest BCUT2D eigenvalue weighted by Gasteiger charge is -2.36. The van der Waals surface area contributed by atoms with Gasteiger partial charge in [-0.2, -0.15) is 0 Å². The first kappa shape index (κ1) is 22.0. The maximum absolute atomic E-state index is 13.5. The van der Waals surface area contributed by atoms with E-state index in [2.05, 4.69) is 0 Å². The number of ketones is 1. The van der Waals surface area contributed by atoms with Gasteiger partial charge in [-0.3, -0.25) is 4.79 Å². The number of phenols is 2. The number of carbonyl (C=O) groups excluding carboxylic acids is 1. The van der Waals surface area contributed by atoms with Gasteiger partial charge in [-0.25, -0.2) is 0 Å². The maximum atomic E-state index is 13.5. The zero-order valence-electron chi connectivity index (χ0n) is 18.9. The molecule has 2 unspecified atom stereocenters. The van der Waals surface area contributed by atoms with Crippen LogP contribution in [0.5, 0.6) is 23.0 Å². The third kappa shape index (κ3) is 3.75. The van der Waals surface area contributed by atoms with Crippen LogP contribution in [0.15, 0.2) is 42.0 Å². The molecule has 2 aliphatic heterocycles. The first-order valence-electron chi connectivity index (χ1n) is 10.6. The zero-order valence-corrected chi connectivity index (χ0v) is 18.9. The highest BCUT2D eigenvalue weighted by atomic mass is 16.5. The van der Waals surface area contributed by atoms with Gasteiger partial charge in [0.25, 0.3) is 0 Å². The van der Waals surface area contributed by atoms with Gasteiger partial charge in [0, 0.05) is 12.7 Å². The fraction of sp³-hybridized carbons (Fsp3) is 0.346. The lowest BCUT2D eigenvalue weighted by molar-refractivity contribution is -0.00163. The predicted molar refractivity (Wildman–Crippen MR) is 122 cm³/mol. The summed E-state index contributed by atoms with van der Waals surface area (Å²) in [4.78, 5) is 13.5. The third-order valence-electron chi connectivity index (χ3n) is 5.74. The molecule has 0 radical (unpaired) electrons. The summed E-state index contributed by atoms with van der Waals surface area (Å²) < 4.78 is 18.2. The van der Waals surface area contributed by atoms with Crippen molar-refractivity contribution in [2.45, 2.75) is 51.9 Å². The Kier molecular flexibility index (Phi) is 5.51. The van der Waals surface area contributed by atoms with Crippen molar-refractivity contribution < 1.29 is 29.2 Å². The Bertz CT molecular complexity index is 1120. The number of hydrogen-bond donors (Lipinski definition) is 2. The molecule has 2 aliphatic rings. The van der Waals surface area contributed by atoms with E-state index in [1.807, 2.05) is 39.8 Å². The van der Waals surface area contributed by atoms with Crippen LogP contribution in [0.2, 0.25) is 0 Å². The van der Waals surface area contributed by atoms with Crippen LogP contribution < -0.4 is 9.47 Å². The van der Waals surface area contributed by atoms with Gasteiger partial charge in [0.05, 0.1) is 5.56 Å². The number of methoxy groups -OCH3 is 1. The Labute approximate surface area is 187 Å². The van der Waals surface area contributed by atoms with E-state index in [4.69, 9.17) is 14.2 Å². The minimum Gasteiger partial charge on any atom is -0.508 e. The molecular weight excluding hydrogens is 408 g/mol. The standard InChI is InChI=1S/C26H28O6/c1-14(2)6-11-18-23-17(12-13-26(3,4)32-23)20(28)19-21(29)25(30-5)22(31-24(18)19)15-7-9-16(27)10-8-15/h6-10,12-13,22,25,27-28H,11H2,1-5H3. The van der Waals surface area contributed by atoms with Crippen molar-refractivity contribution in [1.82, 2.24) is 0 Å². The van der Waals surface area contributed by atoms with Gasteiger partial charge in [0.2, 0.25) is 5.78 Å². The Morgan fingerprint density at radius 3 is 2.47 bits per heavy atom. The summed E-state index contributed by atoms with van der Waals surface area (Å²) in [6.07, 6.45) is 4.47. The minimum atomic E-state index is -0.947. The molecule has 2 atom stereocenters. The van der Waals surface area contributed by atoms with Crippen molar-refractivity contribution in [3.63, 3.8) is 0 Å². The number of ether oxygens (including phenoxy) is 3. The van der Waals surface area contributed by atoms with Gasteiger partial charge in [-0.05, 0) is 64.0 Å². The quantitative estimate of drug-likeness (QED) is 0.647. The van der Waals surface area contributed by atoms with E-state index in [9.17, 15) is 15.0 Å². The number of aromatic hydroxyl groups is 2. The van der Waals surface area contributed by atoms with E-state index in [1.165, 1.54) is 19.2 Å². The molecule has 2 aromatic carbocycles. The minimum absolute atomic E-state index is 0.107. The average molecular weight is 437 g/mol. The number of phenolic OH excluding ortho intramolecular Hbond substituents is 2. The monoisotopic (exact) mass is 436 g/mol. The molecule has 0 amide bonds. The second-order valence-corrected chi connectivity index (χ2v) is 8.95. The molecule has 0 saturated heterocycles. The molecule has 32 heavy (non-hydrogen) atoms. The molecule has 0 bridgehead atoms. The number of fused-ring (bicyclic) bond motifs is 2. The van der Waals surface area contributed by atoms with Gasteiger partial charge in [-0.15, -0.1) is 0 Å². The Morgan fingerprint density at radius 2 is 1.84 bits per heavy atom. The van der Waals surface area contributed by atoms with Crippen LogP contribution in [0.25, 0.3) is 6.08 Å². The van der Waals surface area contributed by atoms with Crippen molar-refractivity contribution in [3.8, 4) is 23.0 Å². The summed E-state index contributed by atoms with van der Waals surface area (Å²) in [5.74, 6) is 0.409. The van der Waals surface area contributed by atoms with Crippen molar-refractivity contribution in [3.05, 3.63) is 64.2 Å². The number of benzene rings is 2. The van der Waals surface area contributed by atoms with E-state index < -0.39 is 17.8 Å². The second-order valence-electron chi connectivity index (χ2n) is 8.95. The average Bonchev–Trinajstić information content (AvgIpc) is 2.72. The number of allylic oxidation sites excluding steroid dienone is 2. The molecule has 4 rings (SSSR count). The Hall–Kier alpha value is -3.25. The molecular formula is C26H28O6. The summed E-state index contributed by atoms with van der Waals surface area (Å²) in [6.45, 7) is 7.85. The van der Waals surface area contributed by atoms with Crippen LogP contribution in [-0.2, 0) is 11.2 Å². The fourth-order valence-corrected chi connectivity index (χ4v) is 4.07. The van der Waals surface area contributed by atoms with E-state index in [0.717, 1.165) is 5.57 Å². The highest BCUT2D eigenvalue weighted by molar-refractivity contribution is 6.07. The molecule has 0 saturated carbocycles. The van der Waals surface area contributed by atoms with Crippen molar-refractivity contribution in [1.29, 1.82) is 0 Å². The lowest BCUT2D eigenvalue weighted by Crippen LogP contribution is -2.39. The Morgan fingerprint density at radius 1 is 1.16 bits per heavy atom. The summed E-state index contributed by atoms with van der Waals surface area (Å²) in [7, 11) is 1.44. The molecule has 0 spiro atoms. The van der Waals surface area contributed by atoms with Gasteiger partial charge in [-0.1, -0.05) is 23.8 Å². The zero-order chi connectivity index (χ0) is 23.2. The summed E-state index contributed by atoms with van der Waals surface area (Å²) >= 11 is 0. The Balaban J connectivity index is 1.95. The summed E-state index contributed by atoms with van der Waals surface area (Å²) in [5.41, 5.74) is 2.50. The summed E-state index contributed by atoms with van der Waals surface area (Å²) in [5, 5.41) is 20.8. The normalized spacial score (nSPS) is 20.6. The summed E-state index contributed by atoms with van der Waals surface area (Å²) in [6, 6.07) is 6.47. The highest BCUT2D eigenvalue weighted by Gasteiger charge is 2.44. The van der Waals surface area contributed by atoms with Gasteiger partial charge < -0.3 is 24.4 Å². The molecule has 6 heteroatoms. The molecule has 2 N–H and O–H groups in total. The van der Waals surface area contributed by atoms with Crippen LogP contribution in [0.4, 0.5) is 0 Å². The van der Waals surface area contributed by atoms with Crippen LogP contribution in [0, 0.1) is 0 Å². The molecule has 0 aliphatic carbocycles. The van der Waals surface area contributed by atoms with Crippen LogP contribution >= 0.6 is 0 Å². The van der Waals surface area contributed by atoms with Crippen molar-refractivity contribution in [2.24, 2.45) is 0 Å². The molecule has 2 aromatic rings. The first-order valence-corrected chi connectivity index (χ1v) is 10.6. The lowest BCUT2D eigenvalue weighted by atomic mass is 9.87. The molecule has 6 nitrogen and oxygen atoms in total. The third-order valence-corrected chi connectivity index (χ3v) is 5.74. The maximum Gasteiger partial charge on any atom is 0.203 e. The first-order chi connectivity index (χ1) is 15.1. The molecule has 168 valence electrons. The van der Waals surface area contributed by atoms with Crippen LogP contribution in [-0.4, -0.2) is 34.8 Å². The predicted octanol–water partition coefficient (Wildman–Crippen LogP) is 5.12. The van der Waals surface area contributed by atoms with Crippen LogP contribution in [0.3, 0.4) is 0 Å². The number of rotatable bonds is 4. The van der Waals surface area contributed by atoms with Crippen LogP contribution in [0.1, 0.15) is 60.8 Å². The number of hydrogen-bond acceptors (Lipinski definition) is 6. The van der Waals surface area contributed by atoms with E-state index in [1.54, 1.807) is 18.2 Å². The molecule has 2 heterocycles. The van der Waals surface area contributed by atoms with E-state index >= 15 is 0 Å².